The summed E-state index contributed by atoms with van der Waals surface area (Å²) in [6.07, 6.45) is 8.62. The van der Waals surface area contributed by atoms with Crippen LogP contribution in [0.25, 0.3) is 54.1 Å². The summed E-state index contributed by atoms with van der Waals surface area (Å²) < 4.78 is 4.89. The summed E-state index contributed by atoms with van der Waals surface area (Å²) in [6.45, 7) is 0. The summed E-state index contributed by atoms with van der Waals surface area (Å²) in [4.78, 5) is 7.28. The fraction of sp³-hybridized carbons (Fsp3) is 0.0488. The molecule has 45 heavy (non-hydrogen) atoms. The molecule has 4 heteroatoms. The number of fused-ring (bicyclic) bond motifs is 6. The maximum Gasteiger partial charge on any atom is 0.0909 e. The summed E-state index contributed by atoms with van der Waals surface area (Å²) in [7, 11) is 0. The summed E-state index contributed by atoms with van der Waals surface area (Å²) in [5.74, 6) is 0. The smallest absolute Gasteiger partial charge is 0.0909 e. The second kappa shape index (κ2) is 10.6. The van der Waals surface area contributed by atoms with Gasteiger partial charge in [0.05, 0.1) is 21.4 Å². The monoisotopic (exact) mass is 595 g/mol. The van der Waals surface area contributed by atoms with Crippen LogP contribution in [0.5, 0.6) is 0 Å². The van der Waals surface area contributed by atoms with Gasteiger partial charge in [-0.2, -0.15) is 0 Å². The van der Waals surface area contributed by atoms with Crippen molar-refractivity contribution >= 4 is 65.7 Å². The van der Waals surface area contributed by atoms with Crippen LogP contribution in [-0.4, -0.2) is 9.55 Å². The van der Waals surface area contributed by atoms with E-state index in [1.165, 1.54) is 53.8 Å². The Balaban J connectivity index is 1.29. The first-order chi connectivity index (χ1) is 22.3. The van der Waals surface area contributed by atoms with Gasteiger partial charge in [0, 0.05) is 50.0 Å². The molecule has 9 rings (SSSR count). The highest BCUT2D eigenvalue weighted by atomic mass is 32.1. The number of hydrogen-bond donors (Lipinski definition) is 0. The standard InChI is InChI=1S/C41H29N3S/c1-3-11-28(12-4-1)29-20-22-31(23-21-29)43(37-17-9-18-38-40(37)41-39(45-38)19-10-26-42-41)32-24-25-36-34(27-32)33-15-7-8-16-35(33)44(36)30-13-5-2-6-14-30/h1-7,9-15,17-27H,8,16H2. The van der Waals surface area contributed by atoms with Gasteiger partial charge in [-0.3, -0.25) is 4.98 Å². The van der Waals surface area contributed by atoms with Gasteiger partial charge in [-0.05, 0) is 90.7 Å². The second-order valence-electron chi connectivity index (χ2n) is 11.5. The molecule has 5 aromatic carbocycles. The van der Waals surface area contributed by atoms with Crippen molar-refractivity contribution in [3.63, 3.8) is 0 Å². The summed E-state index contributed by atoms with van der Waals surface area (Å²) in [6, 6.07) is 48.1. The van der Waals surface area contributed by atoms with Crippen LogP contribution in [0.2, 0.25) is 0 Å². The van der Waals surface area contributed by atoms with Gasteiger partial charge in [0.2, 0.25) is 0 Å². The molecule has 0 radical (unpaired) electrons. The van der Waals surface area contributed by atoms with Gasteiger partial charge < -0.3 is 9.47 Å². The van der Waals surface area contributed by atoms with Crippen LogP contribution in [0, 0.1) is 0 Å². The Morgan fingerprint density at radius 3 is 2.27 bits per heavy atom. The van der Waals surface area contributed by atoms with E-state index in [1.54, 1.807) is 11.3 Å². The highest BCUT2D eigenvalue weighted by Gasteiger charge is 2.23. The molecule has 0 aliphatic heterocycles. The van der Waals surface area contributed by atoms with E-state index < -0.39 is 0 Å². The van der Waals surface area contributed by atoms with Crippen molar-refractivity contribution in [3.8, 4) is 16.8 Å². The number of hydrogen-bond acceptors (Lipinski definition) is 3. The van der Waals surface area contributed by atoms with E-state index in [0.29, 0.717) is 0 Å². The molecule has 0 spiro atoms. The summed E-state index contributed by atoms with van der Waals surface area (Å²) in [5, 5.41) is 2.46. The Hall–Kier alpha value is -5.45. The number of allylic oxidation sites excluding steroid dienone is 1. The molecule has 0 bridgehead atoms. The Bertz CT molecular complexity index is 2360. The van der Waals surface area contributed by atoms with Gasteiger partial charge in [0.1, 0.15) is 0 Å². The Labute approximate surface area is 266 Å². The second-order valence-corrected chi connectivity index (χ2v) is 12.6. The molecule has 8 aromatic rings. The number of anilines is 3. The number of pyridine rings is 1. The van der Waals surface area contributed by atoms with E-state index in [4.69, 9.17) is 4.98 Å². The maximum absolute atomic E-state index is 4.87. The molecule has 0 unspecified atom stereocenters. The Morgan fingerprint density at radius 1 is 0.667 bits per heavy atom. The molecule has 0 N–H and O–H groups in total. The van der Waals surface area contributed by atoms with E-state index in [2.05, 4.69) is 149 Å². The highest BCUT2D eigenvalue weighted by molar-refractivity contribution is 7.25. The molecule has 3 heterocycles. The maximum atomic E-state index is 4.87. The van der Waals surface area contributed by atoms with Crippen LogP contribution in [0.15, 0.2) is 146 Å². The molecule has 0 fully saturated rings. The quantitative estimate of drug-likeness (QED) is 0.197. The number of benzene rings is 5. The molecule has 214 valence electrons. The van der Waals surface area contributed by atoms with Gasteiger partial charge in [-0.1, -0.05) is 78.9 Å². The first-order valence-corrected chi connectivity index (χ1v) is 16.3. The molecule has 1 aliphatic carbocycles. The molecule has 0 saturated carbocycles. The fourth-order valence-corrected chi connectivity index (χ4v) is 7.97. The number of nitrogens with zero attached hydrogens (tertiary/aromatic N) is 3. The summed E-state index contributed by atoms with van der Waals surface area (Å²) >= 11 is 1.80. The van der Waals surface area contributed by atoms with Crippen molar-refractivity contribution in [1.29, 1.82) is 0 Å². The van der Waals surface area contributed by atoms with E-state index in [1.807, 2.05) is 12.3 Å². The van der Waals surface area contributed by atoms with Gasteiger partial charge in [-0.15, -0.1) is 11.3 Å². The van der Waals surface area contributed by atoms with E-state index in [9.17, 15) is 0 Å². The zero-order chi connectivity index (χ0) is 29.7. The third-order valence-electron chi connectivity index (χ3n) is 8.90. The topological polar surface area (TPSA) is 21.1 Å². The van der Waals surface area contributed by atoms with Crippen LogP contribution in [0.1, 0.15) is 17.7 Å². The average Bonchev–Trinajstić information content (AvgIpc) is 3.66. The first kappa shape index (κ1) is 26.0. The SMILES string of the molecule is C1=Cc2c(n(-c3ccccc3)c3ccc(N(c4ccc(-c5ccccc5)cc4)c4cccc5sc6cccnc6c45)cc23)CC1. The third kappa shape index (κ3) is 4.29. The van der Waals surface area contributed by atoms with Gasteiger partial charge in [0.15, 0.2) is 0 Å². The third-order valence-corrected chi connectivity index (χ3v) is 10.0. The lowest BCUT2D eigenvalue weighted by molar-refractivity contribution is 0.888. The predicted octanol–water partition coefficient (Wildman–Crippen LogP) is 11.5. The van der Waals surface area contributed by atoms with Crippen LogP contribution in [0.3, 0.4) is 0 Å². The fourth-order valence-electron chi connectivity index (χ4n) is 6.89. The van der Waals surface area contributed by atoms with Crippen molar-refractivity contribution in [1.82, 2.24) is 9.55 Å². The number of aromatic nitrogens is 2. The molecular formula is C41H29N3S. The molecular weight excluding hydrogens is 567 g/mol. The average molecular weight is 596 g/mol. The zero-order valence-corrected chi connectivity index (χ0v) is 25.4. The normalized spacial score (nSPS) is 12.6. The lowest BCUT2D eigenvalue weighted by Crippen LogP contribution is -2.10. The van der Waals surface area contributed by atoms with Crippen molar-refractivity contribution in [2.24, 2.45) is 0 Å². The minimum Gasteiger partial charge on any atom is -0.313 e. The number of para-hydroxylation sites is 1. The lowest BCUT2D eigenvalue weighted by atomic mass is 10.0. The minimum absolute atomic E-state index is 1.03. The molecule has 0 amide bonds. The number of thiophene rings is 1. The summed E-state index contributed by atoms with van der Waals surface area (Å²) in [5.41, 5.74) is 12.0. The molecule has 0 saturated heterocycles. The van der Waals surface area contributed by atoms with Crippen LogP contribution in [0.4, 0.5) is 17.1 Å². The minimum atomic E-state index is 1.03. The van der Waals surface area contributed by atoms with Crippen LogP contribution < -0.4 is 4.90 Å². The zero-order valence-electron chi connectivity index (χ0n) is 24.6. The molecule has 3 aromatic heterocycles. The number of rotatable bonds is 5. The van der Waals surface area contributed by atoms with E-state index >= 15 is 0 Å². The molecule has 0 atom stereocenters. The van der Waals surface area contributed by atoms with Crippen molar-refractivity contribution in [2.75, 3.05) is 4.90 Å². The Kier molecular flexibility index (Phi) is 6.13. The molecule has 3 nitrogen and oxygen atoms in total. The lowest BCUT2D eigenvalue weighted by Gasteiger charge is -2.27. The van der Waals surface area contributed by atoms with E-state index in [-0.39, 0.29) is 0 Å². The largest absolute Gasteiger partial charge is 0.313 e. The van der Waals surface area contributed by atoms with Crippen LogP contribution >= 0.6 is 11.3 Å². The van der Waals surface area contributed by atoms with Crippen molar-refractivity contribution in [2.45, 2.75) is 12.8 Å². The van der Waals surface area contributed by atoms with Gasteiger partial charge in [0.25, 0.3) is 0 Å². The van der Waals surface area contributed by atoms with Crippen molar-refractivity contribution in [3.05, 3.63) is 157 Å². The highest BCUT2D eigenvalue weighted by Crippen LogP contribution is 2.46. The van der Waals surface area contributed by atoms with Crippen LogP contribution in [-0.2, 0) is 6.42 Å². The Morgan fingerprint density at radius 2 is 1.42 bits per heavy atom. The van der Waals surface area contributed by atoms with E-state index in [0.717, 1.165) is 35.4 Å². The first-order valence-electron chi connectivity index (χ1n) is 15.4. The predicted molar refractivity (Wildman–Crippen MR) is 191 cm³/mol. The van der Waals surface area contributed by atoms with Gasteiger partial charge in [-0.25, -0.2) is 0 Å². The van der Waals surface area contributed by atoms with Crippen molar-refractivity contribution < 1.29 is 0 Å². The van der Waals surface area contributed by atoms with Gasteiger partial charge >= 0.3 is 0 Å². The molecule has 1 aliphatic rings.